The van der Waals surface area contributed by atoms with Crippen LogP contribution in [-0.4, -0.2) is 33.7 Å². The summed E-state index contributed by atoms with van der Waals surface area (Å²) in [5.74, 6) is -0.800. The van der Waals surface area contributed by atoms with Crippen LogP contribution in [0.4, 0.5) is 5.69 Å². The van der Waals surface area contributed by atoms with Crippen molar-refractivity contribution in [3.63, 3.8) is 0 Å². The fourth-order valence-electron chi connectivity index (χ4n) is 2.40. The Bertz CT molecular complexity index is 799. The van der Waals surface area contributed by atoms with Crippen LogP contribution in [0.3, 0.4) is 0 Å². The number of nitrogens with zero attached hydrogens (tertiary/aromatic N) is 3. The van der Waals surface area contributed by atoms with Gasteiger partial charge in [0.1, 0.15) is 6.20 Å². The maximum Gasteiger partial charge on any atom is 0.329 e. The summed E-state index contributed by atoms with van der Waals surface area (Å²) in [4.78, 5) is 39.8. The van der Waals surface area contributed by atoms with E-state index in [1.807, 2.05) is 0 Å². The summed E-state index contributed by atoms with van der Waals surface area (Å²) in [7, 11) is 1.30. The molecule has 23 heavy (non-hydrogen) atoms. The molecular weight excluding hydrogens is 302 g/mol. The number of ether oxygens (including phenoxy) is 1. The minimum Gasteiger partial charge on any atom is -0.490 e. The van der Waals surface area contributed by atoms with Gasteiger partial charge in [-0.2, -0.15) is 0 Å². The van der Waals surface area contributed by atoms with Gasteiger partial charge in [0.2, 0.25) is 0 Å². The Labute approximate surface area is 130 Å². The predicted molar refractivity (Wildman–Crippen MR) is 78.1 cm³/mol. The zero-order valence-corrected chi connectivity index (χ0v) is 12.1. The molecule has 8 heteroatoms. The highest BCUT2D eigenvalue weighted by atomic mass is 16.6. The Hall–Kier alpha value is -3.29. The number of amides is 2. The quantitative estimate of drug-likeness (QED) is 0.484. The van der Waals surface area contributed by atoms with E-state index in [-0.39, 0.29) is 18.0 Å². The van der Waals surface area contributed by atoms with Gasteiger partial charge < -0.3 is 4.74 Å². The van der Waals surface area contributed by atoms with Crippen molar-refractivity contribution in [1.29, 1.82) is 0 Å². The van der Waals surface area contributed by atoms with Crippen molar-refractivity contribution < 1.29 is 19.2 Å². The summed E-state index contributed by atoms with van der Waals surface area (Å²) >= 11 is 0. The van der Waals surface area contributed by atoms with Gasteiger partial charge in [0.15, 0.2) is 5.75 Å². The number of nitro groups is 1. The minimum absolute atomic E-state index is 0.0246. The summed E-state index contributed by atoms with van der Waals surface area (Å²) < 4.78 is 4.96. The van der Waals surface area contributed by atoms with Crippen LogP contribution in [0.1, 0.15) is 26.4 Å². The van der Waals surface area contributed by atoms with Crippen LogP contribution in [0.2, 0.25) is 0 Å². The molecule has 0 spiro atoms. The number of hydrogen-bond donors (Lipinski definition) is 0. The van der Waals surface area contributed by atoms with E-state index in [0.29, 0.717) is 16.8 Å². The van der Waals surface area contributed by atoms with E-state index in [2.05, 4.69) is 4.98 Å². The third-order valence-corrected chi connectivity index (χ3v) is 3.52. The van der Waals surface area contributed by atoms with Gasteiger partial charge in [0, 0.05) is 6.07 Å². The Morgan fingerprint density at radius 3 is 2.35 bits per heavy atom. The van der Waals surface area contributed by atoms with Crippen molar-refractivity contribution >= 4 is 17.5 Å². The fourth-order valence-corrected chi connectivity index (χ4v) is 2.40. The molecule has 0 atom stereocenters. The Kier molecular flexibility index (Phi) is 3.49. The molecule has 0 saturated heterocycles. The Balaban J connectivity index is 1.90. The molecule has 1 aromatic heterocycles. The van der Waals surface area contributed by atoms with Crippen molar-refractivity contribution in [2.24, 2.45) is 0 Å². The molecule has 8 nitrogen and oxygen atoms in total. The van der Waals surface area contributed by atoms with Crippen molar-refractivity contribution in [3.8, 4) is 5.75 Å². The lowest BCUT2D eigenvalue weighted by Gasteiger charge is -2.13. The number of imide groups is 1. The molecule has 2 heterocycles. The highest BCUT2D eigenvalue weighted by molar-refractivity contribution is 6.21. The van der Waals surface area contributed by atoms with Crippen LogP contribution in [-0.2, 0) is 6.54 Å². The summed E-state index contributed by atoms with van der Waals surface area (Å²) in [6.45, 7) is -0.0826. The second-order valence-electron chi connectivity index (χ2n) is 4.85. The summed E-state index contributed by atoms with van der Waals surface area (Å²) in [5.41, 5.74) is 0.721. The SMILES string of the molecule is COc1cc(CN2C(=O)c3ccccc3C2=O)ncc1[N+](=O)[O-]. The lowest BCUT2D eigenvalue weighted by Crippen LogP contribution is -2.29. The average molecular weight is 313 g/mol. The molecule has 0 bridgehead atoms. The van der Waals surface area contributed by atoms with Crippen LogP contribution >= 0.6 is 0 Å². The van der Waals surface area contributed by atoms with E-state index in [9.17, 15) is 19.7 Å². The van der Waals surface area contributed by atoms with Crippen LogP contribution in [0, 0.1) is 10.1 Å². The Morgan fingerprint density at radius 2 is 1.83 bits per heavy atom. The Morgan fingerprint density at radius 1 is 1.22 bits per heavy atom. The zero-order valence-electron chi connectivity index (χ0n) is 12.1. The lowest BCUT2D eigenvalue weighted by molar-refractivity contribution is -0.386. The van der Waals surface area contributed by atoms with Gasteiger partial charge >= 0.3 is 5.69 Å². The second kappa shape index (κ2) is 5.48. The molecule has 1 aliphatic rings. The van der Waals surface area contributed by atoms with Crippen LogP contribution in [0.15, 0.2) is 36.5 Å². The standard InChI is InChI=1S/C15H11N3O5/c1-23-13-6-9(16-7-12(13)18(21)22)8-17-14(19)10-4-2-3-5-11(10)15(17)20/h2-7H,8H2,1H3. The predicted octanol–water partition coefficient (Wildman–Crippen LogP) is 1.79. The number of pyridine rings is 1. The normalized spacial score (nSPS) is 13.2. The van der Waals surface area contributed by atoms with Gasteiger partial charge in [-0.3, -0.25) is 29.6 Å². The molecule has 3 rings (SSSR count). The highest BCUT2D eigenvalue weighted by Gasteiger charge is 2.35. The smallest absolute Gasteiger partial charge is 0.329 e. The van der Waals surface area contributed by atoms with Crippen LogP contribution in [0.5, 0.6) is 5.75 Å². The van der Waals surface area contributed by atoms with Crippen LogP contribution in [0.25, 0.3) is 0 Å². The number of rotatable bonds is 4. The number of carbonyl (C=O) groups excluding carboxylic acids is 2. The van der Waals surface area contributed by atoms with Gasteiger partial charge in [0.25, 0.3) is 11.8 Å². The second-order valence-corrected chi connectivity index (χ2v) is 4.85. The summed E-state index contributed by atoms with van der Waals surface area (Å²) in [6, 6.07) is 7.88. The first-order valence-corrected chi connectivity index (χ1v) is 6.65. The van der Waals surface area contributed by atoms with Crippen molar-refractivity contribution in [2.45, 2.75) is 6.54 Å². The van der Waals surface area contributed by atoms with E-state index in [0.717, 1.165) is 11.1 Å². The molecule has 0 saturated carbocycles. The number of fused-ring (bicyclic) bond motifs is 1. The van der Waals surface area contributed by atoms with Crippen molar-refractivity contribution in [3.05, 3.63) is 63.5 Å². The molecule has 1 aliphatic heterocycles. The first-order chi connectivity index (χ1) is 11.0. The average Bonchev–Trinajstić information content (AvgIpc) is 2.80. The van der Waals surface area contributed by atoms with Gasteiger partial charge in [-0.25, -0.2) is 0 Å². The molecule has 0 N–H and O–H groups in total. The number of methoxy groups -OCH3 is 1. The number of hydrogen-bond acceptors (Lipinski definition) is 6. The monoisotopic (exact) mass is 313 g/mol. The van der Waals surface area contributed by atoms with Gasteiger partial charge in [-0.05, 0) is 12.1 Å². The zero-order chi connectivity index (χ0) is 16.6. The van der Waals surface area contributed by atoms with Gasteiger partial charge in [-0.1, -0.05) is 12.1 Å². The third kappa shape index (κ3) is 2.39. The van der Waals surface area contributed by atoms with E-state index < -0.39 is 16.7 Å². The molecular formula is C15H11N3O5. The molecule has 1 aromatic carbocycles. The molecule has 2 aromatic rings. The maximum atomic E-state index is 12.3. The van der Waals surface area contributed by atoms with Gasteiger partial charge in [0.05, 0.1) is 35.4 Å². The lowest BCUT2D eigenvalue weighted by atomic mass is 10.1. The summed E-state index contributed by atoms with van der Waals surface area (Å²) in [6.07, 6.45) is 1.05. The molecule has 2 amide bonds. The van der Waals surface area contributed by atoms with E-state index in [4.69, 9.17) is 4.74 Å². The first kappa shape index (κ1) is 14.6. The summed E-state index contributed by atoms with van der Waals surface area (Å²) in [5, 5.41) is 10.9. The minimum atomic E-state index is -0.613. The number of aromatic nitrogens is 1. The fraction of sp³-hybridized carbons (Fsp3) is 0.133. The third-order valence-electron chi connectivity index (χ3n) is 3.52. The molecule has 116 valence electrons. The van der Waals surface area contributed by atoms with Crippen molar-refractivity contribution in [2.75, 3.05) is 7.11 Å². The number of benzene rings is 1. The molecule has 0 aliphatic carbocycles. The van der Waals surface area contributed by atoms with E-state index in [1.165, 1.54) is 13.2 Å². The first-order valence-electron chi connectivity index (χ1n) is 6.65. The highest BCUT2D eigenvalue weighted by Crippen LogP contribution is 2.28. The van der Waals surface area contributed by atoms with Gasteiger partial charge in [-0.15, -0.1) is 0 Å². The molecule has 0 unspecified atom stereocenters. The largest absolute Gasteiger partial charge is 0.490 e. The van der Waals surface area contributed by atoms with Crippen molar-refractivity contribution in [1.82, 2.24) is 9.88 Å². The van der Waals surface area contributed by atoms with E-state index >= 15 is 0 Å². The number of carbonyl (C=O) groups is 2. The van der Waals surface area contributed by atoms with E-state index in [1.54, 1.807) is 24.3 Å². The topological polar surface area (TPSA) is 103 Å². The maximum absolute atomic E-state index is 12.3. The van der Waals surface area contributed by atoms with Crippen LogP contribution < -0.4 is 4.74 Å². The molecule has 0 radical (unpaired) electrons. The molecule has 0 fully saturated rings.